The molecule has 130 valence electrons. The maximum atomic E-state index is 12.6. The molecule has 2 amide bonds. The molecule has 1 aliphatic rings. The zero-order chi connectivity index (χ0) is 17.8. The normalized spacial score (nSPS) is 15.0. The number of rotatable bonds is 3. The van der Waals surface area contributed by atoms with Crippen molar-refractivity contribution in [3.05, 3.63) is 69.2 Å². The van der Waals surface area contributed by atoms with Gasteiger partial charge in [-0.05, 0) is 53.0 Å². The van der Waals surface area contributed by atoms with Crippen molar-refractivity contribution in [3.8, 4) is 0 Å². The van der Waals surface area contributed by atoms with Crippen LogP contribution in [-0.2, 0) is 0 Å². The highest BCUT2D eigenvalue weighted by molar-refractivity contribution is 9.10. The summed E-state index contributed by atoms with van der Waals surface area (Å²) in [6, 6.07) is 14.5. The highest BCUT2D eigenvalue weighted by Crippen LogP contribution is 2.21. The third kappa shape index (κ3) is 4.22. The van der Waals surface area contributed by atoms with Crippen molar-refractivity contribution in [2.45, 2.75) is 18.9 Å². The van der Waals surface area contributed by atoms with Gasteiger partial charge in [-0.15, -0.1) is 0 Å². The van der Waals surface area contributed by atoms with E-state index in [1.165, 1.54) is 0 Å². The number of nitrogens with one attached hydrogen (secondary N) is 1. The minimum Gasteiger partial charge on any atom is -0.349 e. The molecule has 1 N–H and O–H groups in total. The van der Waals surface area contributed by atoms with E-state index >= 15 is 0 Å². The molecular formula is C19H18BrClN2O2. The lowest BCUT2D eigenvalue weighted by atomic mass is 10.0. The Labute approximate surface area is 160 Å². The van der Waals surface area contributed by atoms with Gasteiger partial charge in [0, 0.05) is 23.6 Å². The first kappa shape index (κ1) is 18.0. The number of carbonyl (C=O) groups excluding carboxylic acids is 2. The number of hydrogen-bond donors (Lipinski definition) is 1. The minimum absolute atomic E-state index is 0.0170. The van der Waals surface area contributed by atoms with Crippen LogP contribution >= 0.6 is 27.5 Å². The number of benzene rings is 2. The Hall–Kier alpha value is -1.85. The van der Waals surface area contributed by atoms with Crippen LogP contribution in [-0.4, -0.2) is 35.8 Å². The van der Waals surface area contributed by atoms with Crippen LogP contribution in [0.1, 0.15) is 33.6 Å². The van der Waals surface area contributed by atoms with Crippen molar-refractivity contribution in [3.63, 3.8) is 0 Å². The molecule has 0 saturated carbocycles. The summed E-state index contributed by atoms with van der Waals surface area (Å²) in [5.41, 5.74) is 1.15. The molecule has 2 aromatic rings. The van der Waals surface area contributed by atoms with E-state index in [2.05, 4.69) is 21.2 Å². The standard InChI is InChI=1S/C19H18BrClN2O2/c20-16-7-3-1-5-14(16)19(25)23-11-9-13(10-12-23)22-18(24)15-6-2-4-8-17(15)21/h1-8,13H,9-12H2,(H,22,24). The fourth-order valence-corrected chi connectivity index (χ4v) is 3.62. The molecule has 0 unspecified atom stereocenters. The Balaban J connectivity index is 1.57. The summed E-state index contributed by atoms with van der Waals surface area (Å²) >= 11 is 9.49. The van der Waals surface area contributed by atoms with E-state index in [0.717, 1.165) is 17.3 Å². The van der Waals surface area contributed by atoms with Gasteiger partial charge in [-0.25, -0.2) is 0 Å². The Bertz CT molecular complexity index is 788. The van der Waals surface area contributed by atoms with Crippen molar-refractivity contribution in [2.75, 3.05) is 13.1 Å². The van der Waals surface area contributed by atoms with E-state index in [1.807, 2.05) is 29.2 Å². The molecule has 0 bridgehead atoms. The van der Waals surface area contributed by atoms with Gasteiger partial charge in [0.2, 0.25) is 0 Å². The first-order chi connectivity index (χ1) is 12.1. The van der Waals surface area contributed by atoms with Gasteiger partial charge in [0.15, 0.2) is 0 Å². The topological polar surface area (TPSA) is 49.4 Å². The van der Waals surface area contributed by atoms with E-state index in [0.29, 0.717) is 29.2 Å². The smallest absolute Gasteiger partial charge is 0.254 e. The predicted molar refractivity (Wildman–Crippen MR) is 102 cm³/mol. The van der Waals surface area contributed by atoms with Crippen LogP contribution in [0, 0.1) is 0 Å². The predicted octanol–water partition coefficient (Wildman–Crippen LogP) is 4.14. The summed E-state index contributed by atoms with van der Waals surface area (Å²) in [7, 11) is 0. The first-order valence-electron chi connectivity index (χ1n) is 8.15. The first-order valence-corrected chi connectivity index (χ1v) is 9.32. The Morgan fingerprint density at radius 2 is 1.60 bits per heavy atom. The summed E-state index contributed by atoms with van der Waals surface area (Å²) in [4.78, 5) is 26.8. The molecular weight excluding hydrogens is 404 g/mol. The zero-order valence-electron chi connectivity index (χ0n) is 13.5. The van der Waals surface area contributed by atoms with Crippen LogP contribution in [0.2, 0.25) is 5.02 Å². The van der Waals surface area contributed by atoms with Crippen LogP contribution in [0.25, 0.3) is 0 Å². The molecule has 2 aromatic carbocycles. The van der Waals surface area contributed by atoms with E-state index in [9.17, 15) is 9.59 Å². The Morgan fingerprint density at radius 1 is 1.00 bits per heavy atom. The number of hydrogen-bond acceptors (Lipinski definition) is 2. The lowest BCUT2D eigenvalue weighted by Gasteiger charge is -2.32. The number of likely N-dealkylation sites (tertiary alicyclic amines) is 1. The van der Waals surface area contributed by atoms with Crippen molar-refractivity contribution in [1.29, 1.82) is 0 Å². The average molecular weight is 422 g/mol. The zero-order valence-corrected chi connectivity index (χ0v) is 15.9. The third-order valence-corrected chi connectivity index (χ3v) is 5.36. The van der Waals surface area contributed by atoms with Crippen molar-refractivity contribution in [1.82, 2.24) is 10.2 Å². The fourth-order valence-electron chi connectivity index (χ4n) is 2.94. The Kier molecular flexibility index (Phi) is 5.76. The van der Waals surface area contributed by atoms with Gasteiger partial charge in [-0.3, -0.25) is 9.59 Å². The molecule has 0 spiro atoms. The fraction of sp³-hybridized carbons (Fsp3) is 0.263. The summed E-state index contributed by atoms with van der Waals surface area (Å²) < 4.78 is 0.800. The largest absolute Gasteiger partial charge is 0.349 e. The van der Waals surface area contributed by atoms with Gasteiger partial charge in [0.1, 0.15) is 0 Å². The average Bonchev–Trinajstić information content (AvgIpc) is 2.62. The molecule has 3 rings (SSSR count). The van der Waals surface area contributed by atoms with Crippen LogP contribution in [0.4, 0.5) is 0 Å². The monoisotopic (exact) mass is 420 g/mol. The molecule has 1 aliphatic heterocycles. The molecule has 1 saturated heterocycles. The number of carbonyl (C=O) groups is 2. The maximum absolute atomic E-state index is 12.6. The third-order valence-electron chi connectivity index (χ3n) is 4.34. The van der Waals surface area contributed by atoms with E-state index in [1.54, 1.807) is 24.3 Å². The van der Waals surface area contributed by atoms with Gasteiger partial charge < -0.3 is 10.2 Å². The molecule has 0 atom stereocenters. The molecule has 1 fully saturated rings. The molecule has 4 nitrogen and oxygen atoms in total. The van der Waals surface area contributed by atoms with Gasteiger partial charge >= 0.3 is 0 Å². The second-order valence-corrected chi connectivity index (χ2v) is 7.26. The van der Waals surface area contributed by atoms with Crippen molar-refractivity contribution >= 4 is 39.3 Å². The minimum atomic E-state index is -0.166. The van der Waals surface area contributed by atoms with Gasteiger partial charge in [0.25, 0.3) is 11.8 Å². The van der Waals surface area contributed by atoms with E-state index < -0.39 is 0 Å². The second-order valence-electron chi connectivity index (χ2n) is 6.00. The van der Waals surface area contributed by atoms with Crippen LogP contribution in [0.15, 0.2) is 53.0 Å². The SMILES string of the molecule is O=C(NC1CCN(C(=O)c2ccccc2Br)CC1)c1ccccc1Cl. The van der Waals surface area contributed by atoms with E-state index in [-0.39, 0.29) is 17.9 Å². The number of halogens is 2. The number of amides is 2. The summed E-state index contributed by atoms with van der Waals surface area (Å²) in [5.74, 6) is -0.149. The lowest BCUT2D eigenvalue weighted by Crippen LogP contribution is -2.46. The maximum Gasteiger partial charge on any atom is 0.254 e. The van der Waals surface area contributed by atoms with E-state index in [4.69, 9.17) is 11.6 Å². The summed E-state index contributed by atoms with van der Waals surface area (Å²) in [6.45, 7) is 1.24. The molecule has 0 aliphatic carbocycles. The lowest BCUT2D eigenvalue weighted by molar-refractivity contribution is 0.0697. The quantitative estimate of drug-likeness (QED) is 0.810. The summed E-state index contributed by atoms with van der Waals surface area (Å²) in [6.07, 6.45) is 1.46. The summed E-state index contributed by atoms with van der Waals surface area (Å²) in [5, 5.41) is 3.46. The highest BCUT2D eigenvalue weighted by atomic mass is 79.9. The number of nitrogens with zero attached hydrogens (tertiary/aromatic N) is 1. The second kappa shape index (κ2) is 8.02. The van der Waals surface area contributed by atoms with Gasteiger partial charge in [-0.1, -0.05) is 35.9 Å². The molecule has 25 heavy (non-hydrogen) atoms. The molecule has 1 heterocycles. The highest BCUT2D eigenvalue weighted by Gasteiger charge is 2.26. The van der Waals surface area contributed by atoms with Crippen molar-refractivity contribution < 1.29 is 9.59 Å². The van der Waals surface area contributed by atoms with Gasteiger partial charge in [-0.2, -0.15) is 0 Å². The molecule has 0 aromatic heterocycles. The molecule has 0 radical (unpaired) electrons. The van der Waals surface area contributed by atoms with Crippen LogP contribution in [0.3, 0.4) is 0 Å². The van der Waals surface area contributed by atoms with Crippen LogP contribution < -0.4 is 5.32 Å². The van der Waals surface area contributed by atoms with Crippen molar-refractivity contribution in [2.24, 2.45) is 0 Å². The molecule has 6 heteroatoms. The van der Waals surface area contributed by atoms with Gasteiger partial charge in [0.05, 0.1) is 16.1 Å². The Morgan fingerprint density at radius 3 is 2.24 bits per heavy atom. The van der Waals surface area contributed by atoms with Crippen LogP contribution in [0.5, 0.6) is 0 Å². The number of piperidine rings is 1.